The highest BCUT2D eigenvalue weighted by Crippen LogP contribution is 2.49. The van der Waals surface area contributed by atoms with Crippen LogP contribution in [0, 0.1) is 0 Å². The molecule has 1 saturated heterocycles. The largest absolute Gasteiger partial charge is 0.323 e. The fraction of sp³-hybridized carbons (Fsp3) is 0.600. The summed E-state index contributed by atoms with van der Waals surface area (Å²) < 4.78 is 0. The molecule has 3 heteroatoms. The number of nitrogens with zero attached hydrogens (tertiary/aromatic N) is 2. The van der Waals surface area contributed by atoms with E-state index in [0.717, 1.165) is 26.1 Å². The lowest BCUT2D eigenvalue weighted by atomic mass is 10.1. The summed E-state index contributed by atoms with van der Waals surface area (Å²) >= 11 is 0. The maximum Gasteiger partial charge on any atom is 0.0360 e. The summed E-state index contributed by atoms with van der Waals surface area (Å²) in [6.07, 6.45) is 1.14. The molecule has 1 aliphatic heterocycles. The molecule has 1 aromatic rings. The summed E-state index contributed by atoms with van der Waals surface area (Å²) in [6.45, 7) is 5.73. The highest BCUT2D eigenvalue weighted by atomic mass is 15.3. The third-order valence-corrected chi connectivity index (χ3v) is 4.43. The van der Waals surface area contributed by atoms with E-state index in [1.165, 1.54) is 18.7 Å². The van der Waals surface area contributed by atoms with Crippen molar-refractivity contribution >= 4 is 0 Å². The topological polar surface area (TPSA) is 32.5 Å². The van der Waals surface area contributed by atoms with Gasteiger partial charge in [-0.15, -0.1) is 0 Å². The standard InChI is InChI=1S/C15H23N3/c1-17-7-9-18(10-8-17)12-15(16)11-14(15)13-5-3-2-4-6-13/h2-6,14H,7-12,16H2,1H3/t14-,15-/m0/s1. The van der Waals surface area contributed by atoms with Crippen molar-refractivity contribution in [3.05, 3.63) is 35.9 Å². The molecule has 0 spiro atoms. The third kappa shape index (κ3) is 2.44. The van der Waals surface area contributed by atoms with Crippen molar-refractivity contribution < 1.29 is 0 Å². The van der Waals surface area contributed by atoms with Crippen LogP contribution in [0.2, 0.25) is 0 Å². The molecule has 0 unspecified atom stereocenters. The summed E-state index contributed by atoms with van der Waals surface area (Å²) in [6, 6.07) is 10.7. The molecule has 1 aromatic carbocycles. The van der Waals surface area contributed by atoms with Gasteiger partial charge in [-0.1, -0.05) is 30.3 Å². The number of hydrogen-bond donors (Lipinski definition) is 1. The van der Waals surface area contributed by atoms with Crippen molar-refractivity contribution in [2.45, 2.75) is 17.9 Å². The van der Waals surface area contributed by atoms with Gasteiger partial charge in [0.05, 0.1) is 0 Å². The Labute approximate surface area is 110 Å². The normalized spacial score (nSPS) is 33.6. The number of hydrogen-bond acceptors (Lipinski definition) is 3. The molecule has 2 N–H and O–H groups in total. The van der Waals surface area contributed by atoms with Crippen molar-refractivity contribution in [2.24, 2.45) is 5.73 Å². The molecule has 2 aliphatic rings. The first-order chi connectivity index (χ1) is 8.67. The van der Waals surface area contributed by atoms with Crippen molar-refractivity contribution in [1.82, 2.24) is 9.80 Å². The van der Waals surface area contributed by atoms with Crippen LogP contribution in [0.4, 0.5) is 0 Å². The summed E-state index contributed by atoms with van der Waals surface area (Å²) in [4.78, 5) is 4.92. The van der Waals surface area contributed by atoms with Gasteiger partial charge in [0.25, 0.3) is 0 Å². The van der Waals surface area contributed by atoms with Gasteiger partial charge in [-0.05, 0) is 19.0 Å². The summed E-state index contributed by atoms with van der Waals surface area (Å²) in [5.41, 5.74) is 7.97. The zero-order valence-corrected chi connectivity index (χ0v) is 11.2. The Balaban J connectivity index is 1.58. The van der Waals surface area contributed by atoms with Gasteiger partial charge in [0, 0.05) is 44.2 Å². The number of rotatable bonds is 3. The number of piperazine rings is 1. The van der Waals surface area contributed by atoms with Gasteiger partial charge in [0.1, 0.15) is 0 Å². The molecular weight excluding hydrogens is 222 g/mol. The van der Waals surface area contributed by atoms with Crippen molar-refractivity contribution in [3.8, 4) is 0 Å². The first-order valence-corrected chi connectivity index (χ1v) is 6.92. The fourth-order valence-electron chi connectivity index (χ4n) is 3.05. The van der Waals surface area contributed by atoms with E-state index < -0.39 is 0 Å². The molecule has 0 radical (unpaired) electrons. The SMILES string of the molecule is CN1CCN(C[C@@]2(N)C[C@H]2c2ccccc2)CC1. The maximum absolute atomic E-state index is 6.53. The predicted octanol–water partition coefficient (Wildman–Crippen LogP) is 1.12. The Kier molecular flexibility index (Phi) is 3.14. The van der Waals surface area contributed by atoms with Gasteiger partial charge in [0.2, 0.25) is 0 Å². The van der Waals surface area contributed by atoms with E-state index in [2.05, 4.69) is 47.2 Å². The van der Waals surface area contributed by atoms with Gasteiger partial charge in [-0.25, -0.2) is 0 Å². The Morgan fingerprint density at radius 3 is 2.50 bits per heavy atom. The average Bonchev–Trinajstić information content (AvgIpc) is 3.05. The molecule has 2 atom stereocenters. The van der Waals surface area contributed by atoms with Crippen LogP contribution in [0.1, 0.15) is 17.9 Å². The smallest absolute Gasteiger partial charge is 0.0360 e. The lowest BCUT2D eigenvalue weighted by Crippen LogP contribution is -2.49. The molecule has 18 heavy (non-hydrogen) atoms. The van der Waals surface area contributed by atoms with Gasteiger partial charge >= 0.3 is 0 Å². The van der Waals surface area contributed by atoms with Crippen LogP contribution in [-0.4, -0.2) is 55.1 Å². The Morgan fingerprint density at radius 2 is 1.83 bits per heavy atom. The van der Waals surface area contributed by atoms with E-state index >= 15 is 0 Å². The average molecular weight is 245 g/mol. The molecule has 98 valence electrons. The van der Waals surface area contributed by atoms with Crippen LogP contribution in [0.25, 0.3) is 0 Å². The number of benzene rings is 1. The zero-order valence-electron chi connectivity index (χ0n) is 11.2. The molecule has 2 fully saturated rings. The molecule has 1 aliphatic carbocycles. The Hall–Kier alpha value is -0.900. The van der Waals surface area contributed by atoms with Gasteiger partial charge in [-0.2, -0.15) is 0 Å². The van der Waals surface area contributed by atoms with Crippen molar-refractivity contribution in [2.75, 3.05) is 39.8 Å². The van der Waals surface area contributed by atoms with E-state index in [9.17, 15) is 0 Å². The molecule has 0 amide bonds. The first-order valence-electron chi connectivity index (χ1n) is 6.92. The second kappa shape index (κ2) is 4.65. The molecule has 3 nitrogen and oxygen atoms in total. The van der Waals surface area contributed by atoms with Gasteiger partial charge < -0.3 is 10.6 Å². The number of nitrogens with two attached hydrogens (primary N) is 1. The minimum atomic E-state index is 0.0251. The summed E-state index contributed by atoms with van der Waals surface area (Å²) in [7, 11) is 2.19. The first kappa shape index (κ1) is 12.2. The van der Waals surface area contributed by atoms with Crippen molar-refractivity contribution in [3.63, 3.8) is 0 Å². The zero-order chi connectivity index (χ0) is 12.6. The van der Waals surface area contributed by atoms with E-state index in [0.29, 0.717) is 5.92 Å². The van der Waals surface area contributed by atoms with E-state index in [1.54, 1.807) is 0 Å². The molecule has 3 rings (SSSR count). The Bertz CT molecular complexity index is 397. The van der Waals surface area contributed by atoms with Crippen LogP contribution in [0.5, 0.6) is 0 Å². The quantitative estimate of drug-likeness (QED) is 0.866. The summed E-state index contributed by atoms with van der Waals surface area (Å²) in [5.74, 6) is 0.568. The Morgan fingerprint density at radius 1 is 1.17 bits per heavy atom. The monoisotopic (exact) mass is 245 g/mol. The lowest BCUT2D eigenvalue weighted by molar-refractivity contribution is 0.143. The second-order valence-corrected chi connectivity index (χ2v) is 5.98. The summed E-state index contributed by atoms with van der Waals surface area (Å²) in [5, 5.41) is 0. The van der Waals surface area contributed by atoms with Crippen LogP contribution in [0.3, 0.4) is 0 Å². The van der Waals surface area contributed by atoms with Crippen LogP contribution >= 0.6 is 0 Å². The van der Waals surface area contributed by atoms with E-state index in [-0.39, 0.29) is 5.54 Å². The predicted molar refractivity (Wildman–Crippen MR) is 74.7 cm³/mol. The minimum Gasteiger partial charge on any atom is -0.323 e. The van der Waals surface area contributed by atoms with E-state index in [1.807, 2.05) is 0 Å². The molecule has 0 aromatic heterocycles. The third-order valence-electron chi connectivity index (χ3n) is 4.43. The highest BCUT2D eigenvalue weighted by Gasteiger charge is 2.52. The van der Waals surface area contributed by atoms with Crippen LogP contribution in [0.15, 0.2) is 30.3 Å². The van der Waals surface area contributed by atoms with Gasteiger partial charge in [0.15, 0.2) is 0 Å². The molecule has 0 bridgehead atoms. The van der Waals surface area contributed by atoms with Crippen LogP contribution in [-0.2, 0) is 0 Å². The van der Waals surface area contributed by atoms with Crippen LogP contribution < -0.4 is 5.73 Å². The fourth-order valence-corrected chi connectivity index (χ4v) is 3.05. The minimum absolute atomic E-state index is 0.0251. The highest BCUT2D eigenvalue weighted by molar-refractivity contribution is 5.33. The number of likely N-dealkylation sites (N-methyl/N-ethyl adjacent to an activating group) is 1. The second-order valence-electron chi connectivity index (χ2n) is 5.98. The maximum atomic E-state index is 6.53. The molecular formula is C15H23N3. The molecule has 1 heterocycles. The molecule has 1 saturated carbocycles. The van der Waals surface area contributed by atoms with Gasteiger partial charge in [-0.3, -0.25) is 4.90 Å². The van der Waals surface area contributed by atoms with E-state index in [4.69, 9.17) is 5.73 Å². The lowest BCUT2D eigenvalue weighted by Gasteiger charge is -2.34. The van der Waals surface area contributed by atoms with Crippen molar-refractivity contribution in [1.29, 1.82) is 0 Å².